The molecule has 0 saturated carbocycles. The molecule has 11 nitrogen and oxygen atoms in total. The molecule has 0 saturated heterocycles. The number of carboxylic acids is 1. The summed E-state index contributed by atoms with van der Waals surface area (Å²) in [6, 6.07) is 3.40. The maximum atomic E-state index is 12.4. The molecule has 140 valence electrons. The minimum atomic E-state index is -1.28. The molecule has 3 aromatic heterocycles. The number of carbonyl (C=O) groups is 3. The molecule has 3 N–H and O–H groups in total. The third kappa shape index (κ3) is 3.86. The molecule has 0 aromatic carbocycles. The Hall–Kier alpha value is -3.89. The standard InChI is InChI=1S/C16H16N6O5/c1-21-7-10(16(25)26)12(19-21)15(24)18-11-8-22(2)20-13(11)14(23)17-6-9-4-3-5-27-9/h3-5,7-8H,6H2,1-2H3,(H,17,23)(H,18,24)(H,25,26). The van der Waals surface area contributed by atoms with Crippen molar-refractivity contribution >= 4 is 23.5 Å². The monoisotopic (exact) mass is 372 g/mol. The van der Waals surface area contributed by atoms with Crippen molar-refractivity contribution in [1.29, 1.82) is 0 Å². The SMILES string of the molecule is Cn1cc(NC(=O)c2nn(C)cc2C(=O)O)c(C(=O)NCc2ccco2)n1. The molecular formula is C16H16N6O5. The molecule has 27 heavy (non-hydrogen) atoms. The molecule has 3 rings (SSSR count). The summed E-state index contributed by atoms with van der Waals surface area (Å²) in [4.78, 5) is 36.1. The van der Waals surface area contributed by atoms with E-state index in [1.54, 1.807) is 19.2 Å². The van der Waals surface area contributed by atoms with Crippen LogP contribution in [0, 0.1) is 0 Å². The van der Waals surface area contributed by atoms with Crippen molar-refractivity contribution in [2.45, 2.75) is 6.54 Å². The Labute approximate surface area is 152 Å². The smallest absolute Gasteiger partial charge is 0.339 e. The van der Waals surface area contributed by atoms with Crippen LogP contribution in [0.25, 0.3) is 0 Å². The van der Waals surface area contributed by atoms with Gasteiger partial charge in [0, 0.05) is 26.5 Å². The van der Waals surface area contributed by atoms with E-state index in [0.29, 0.717) is 5.76 Å². The molecule has 0 radical (unpaired) electrons. The molecule has 0 aliphatic carbocycles. The van der Waals surface area contributed by atoms with Crippen LogP contribution >= 0.6 is 0 Å². The van der Waals surface area contributed by atoms with Crippen LogP contribution in [0.4, 0.5) is 5.69 Å². The average molecular weight is 372 g/mol. The summed E-state index contributed by atoms with van der Waals surface area (Å²) in [7, 11) is 3.09. The third-order valence-electron chi connectivity index (χ3n) is 3.57. The number of amides is 2. The van der Waals surface area contributed by atoms with Crippen LogP contribution in [0.1, 0.15) is 37.1 Å². The first-order valence-electron chi connectivity index (χ1n) is 7.77. The van der Waals surface area contributed by atoms with E-state index in [9.17, 15) is 19.5 Å². The van der Waals surface area contributed by atoms with Crippen LogP contribution in [0.5, 0.6) is 0 Å². The molecular weight excluding hydrogens is 356 g/mol. The number of carbonyl (C=O) groups excluding carboxylic acids is 2. The molecule has 2 amide bonds. The number of aromatic nitrogens is 4. The fourth-order valence-electron chi connectivity index (χ4n) is 2.41. The normalized spacial score (nSPS) is 10.6. The molecule has 0 atom stereocenters. The zero-order chi connectivity index (χ0) is 19.6. The summed E-state index contributed by atoms with van der Waals surface area (Å²) in [5, 5.41) is 22.2. The maximum Gasteiger partial charge on any atom is 0.339 e. The quantitative estimate of drug-likeness (QED) is 0.575. The molecule has 3 aromatic rings. The zero-order valence-electron chi connectivity index (χ0n) is 14.5. The van der Waals surface area contributed by atoms with Crippen LogP contribution < -0.4 is 10.6 Å². The van der Waals surface area contributed by atoms with Crippen molar-refractivity contribution in [2.75, 3.05) is 5.32 Å². The highest BCUT2D eigenvalue weighted by atomic mass is 16.4. The van der Waals surface area contributed by atoms with Crippen molar-refractivity contribution in [3.8, 4) is 0 Å². The highest BCUT2D eigenvalue weighted by molar-refractivity contribution is 6.11. The minimum absolute atomic E-state index is 0.0230. The fourth-order valence-corrected chi connectivity index (χ4v) is 2.41. The molecule has 0 unspecified atom stereocenters. The number of anilines is 1. The lowest BCUT2D eigenvalue weighted by molar-refractivity contribution is 0.0692. The van der Waals surface area contributed by atoms with E-state index in [4.69, 9.17) is 4.42 Å². The predicted molar refractivity (Wildman–Crippen MR) is 91.2 cm³/mol. The molecule has 0 aliphatic heterocycles. The Morgan fingerprint density at radius 3 is 2.48 bits per heavy atom. The van der Waals surface area contributed by atoms with Gasteiger partial charge in [-0.25, -0.2) is 4.79 Å². The second-order valence-corrected chi connectivity index (χ2v) is 5.65. The number of nitrogens with one attached hydrogen (secondary N) is 2. The number of rotatable bonds is 6. The van der Waals surface area contributed by atoms with E-state index in [1.807, 2.05) is 0 Å². The Bertz CT molecular complexity index is 1000. The van der Waals surface area contributed by atoms with Crippen LogP contribution in [0.2, 0.25) is 0 Å². The molecule has 0 aliphatic rings. The molecule has 0 spiro atoms. The first-order valence-corrected chi connectivity index (χ1v) is 7.77. The van der Waals surface area contributed by atoms with E-state index < -0.39 is 17.8 Å². The van der Waals surface area contributed by atoms with Gasteiger partial charge in [0.25, 0.3) is 11.8 Å². The van der Waals surface area contributed by atoms with E-state index in [2.05, 4.69) is 20.8 Å². The van der Waals surface area contributed by atoms with Gasteiger partial charge >= 0.3 is 5.97 Å². The van der Waals surface area contributed by atoms with Gasteiger partial charge in [-0.1, -0.05) is 0 Å². The number of hydrogen-bond acceptors (Lipinski definition) is 6. The predicted octanol–water partition coefficient (Wildman–Crippen LogP) is 0.627. The van der Waals surface area contributed by atoms with Crippen molar-refractivity contribution in [3.63, 3.8) is 0 Å². The lowest BCUT2D eigenvalue weighted by atomic mass is 10.2. The van der Waals surface area contributed by atoms with Crippen LogP contribution in [-0.2, 0) is 20.6 Å². The molecule has 3 heterocycles. The number of aromatic carboxylic acids is 1. The Morgan fingerprint density at radius 1 is 1.11 bits per heavy atom. The number of carboxylic acid groups (broad SMARTS) is 1. The van der Waals surface area contributed by atoms with Gasteiger partial charge in [0.2, 0.25) is 0 Å². The highest BCUT2D eigenvalue weighted by Crippen LogP contribution is 2.16. The van der Waals surface area contributed by atoms with Gasteiger partial charge < -0.3 is 20.2 Å². The number of aryl methyl sites for hydroxylation is 2. The molecule has 0 bridgehead atoms. The highest BCUT2D eigenvalue weighted by Gasteiger charge is 2.24. The first kappa shape index (κ1) is 17.9. The van der Waals surface area contributed by atoms with E-state index in [0.717, 1.165) is 0 Å². The fraction of sp³-hybridized carbons (Fsp3) is 0.188. The van der Waals surface area contributed by atoms with Crippen molar-refractivity contribution in [3.05, 3.63) is 53.5 Å². The second-order valence-electron chi connectivity index (χ2n) is 5.65. The minimum Gasteiger partial charge on any atom is -0.478 e. The van der Waals surface area contributed by atoms with Crippen LogP contribution in [0.15, 0.2) is 35.2 Å². The summed E-state index contributed by atoms with van der Waals surface area (Å²) in [5.74, 6) is -2.01. The number of hydrogen-bond donors (Lipinski definition) is 3. The number of furan rings is 1. The average Bonchev–Trinajstić information content (AvgIpc) is 3.32. The van der Waals surface area contributed by atoms with E-state index in [-0.39, 0.29) is 29.2 Å². The van der Waals surface area contributed by atoms with Crippen LogP contribution in [0.3, 0.4) is 0 Å². The molecule has 11 heteroatoms. The Morgan fingerprint density at radius 2 is 1.81 bits per heavy atom. The lowest BCUT2D eigenvalue weighted by Crippen LogP contribution is -2.25. The Balaban J connectivity index is 1.78. The van der Waals surface area contributed by atoms with Gasteiger partial charge in [0.15, 0.2) is 11.4 Å². The van der Waals surface area contributed by atoms with Crippen LogP contribution in [-0.4, -0.2) is 42.5 Å². The largest absolute Gasteiger partial charge is 0.478 e. The van der Waals surface area contributed by atoms with Gasteiger partial charge in [-0.2, -0.15) is 10.2 Å². The lowest BCUT2D eigenvalue weighted by Gasteiger charge is -2.05. The summed E-state index contributed by atoms with van der Waals surface area (Å²) in [6.45, 7) is 0.152. The van der Waals surface area contributed by atoms with Gasteiger partial charge in [0.1, 0.15) is 11.3 Å². The third-order valence-corrected chi connectivity index (χ3v) is 3.57. The van der Waals surface area contributed by atoms with Crippen molar-refractivity contribution < 1.29 is 23.9 Å². The second kappa shape index (κ2) is 7.15. The summed E-state index contributed by atoms with van der Waals surface area (Å²) >= 11 is 0. The summed E-state index contributed by atoms with van der Waals surface area (Å²) in [6.07, 6.45) is 4.14. The van der Waals surface area contributed by atoms with Crippen molar-refractivity contribution in [2.24, 2.45) is 14.1 Å². The topological polar surface area (TPSA) is 144 Å². The zero-order valence-corrected chi connectivity index (χ0v) is 14.5. The number of nitrogens with zero attached hydrogens (tertiary/aromatic N) is 4. The van der Waals surface area contributed by atoms with Gasteiger partial charge in [-0.05, 0) is 12.1 Å². The van der Waals surface area contributed by atoms with E-state index >= 15 is 0 Å². The van der Waals surface area contributed by atoms with Gasteiger partial charge in [-0.3, -0.25) is 19.0 Å². The van der Waals surface area contributed by atoms with E-state index in [1.165, 1.54) is 35.1 Å². The summed E-state index contributed by atoms with van der Waals surface area (Å²) in [5.41, 5.74) is -0.412. The van der Waals surface area contributed by atoms with Gasteiger partial charge in [-0.15, -0.1) is 0 Å². The Kier molecular flexibility index (Phi) is 4.75. The summed E-state index contributed by atoms with van der Waals surface area (Å²) < 4.78 is 7.72. The van der Waals surface area contributed by atoms with Gasteiger partial charge in [0.05, 0.1) is 18.5 Å². The first-order chi connectivity index (χ1) is 12.8. The molecule has 0 fully saturated rings. The van der Waals surface area contributed by atoms with Crippen molar-refractivity contribution in [1.82, 2.24) is 24.9 Å². The maximum absolute atomic E-state index is 12.4.